The van der Waals surface area contributed by atoms with Crippen molar-refractivity contribution >= 4 is 33.5 Å². The van der Waals surface area contributed by atoms with Crippen LogP contribution in [0.25, 0.3) is 0 Å². The van der Waals surface area contributed by atoms with Crippen molar-refractivity contribution in [1.29, 1.82) is 0 Å². The molecule has 10 heteroatoms. The zero-order chi connectivity index (χ0) is 21.0. The summed E-state index contributed by atoms with van der Waals surface area (Å²) in [4.78, 5) is 26.9. The van der Waals surface area contributed by atoms with Crippen LogP contribution >= 0.6 is 11.6 Å². The van der Waals surface area contributed by atoms with E-state index < -0.39 is 27.0 Å². The lowest BCUT2D eigenvalue weighted by molar-refractivity contribution is -0.145. The molecule has 1 atom stereocenters. The summed E-state index contributed by atoms with van der Waals surface area (Å²) < 4.78 is 34.1. The summed E-state index contributed by atoms with van der Waals surface area (Å²) in [6.07, 6.45) is -1.18. The number of nitrogens with zero attached hydrogens (tertiary/aromatic N) is 1. The molecule has 1 saturated heterocycles. The Kier molecular flexibility index (Phi) is 6.53. The maximum absolute atomic E-state index is 13.0. The molecular weight excluding hydrogens is 420 g/mol. The van der Waals surface area contributed by atoms with Gasteiger partial charge in [0.1, 0.15) is 4.90 Å². The Morgan fingerprint density at radius 2 is 1.76 bits per heavy atom. The number of halogens is 1. The third-order valence-corrected chi connectivity index (χ3v) is 5.74. The minimum Gasteiger partial charge on any atom is -0.444 e. The van der Waals surface area contributed by atoms with E-state index >= 15 is 0 Å². The van der Waals surface area contributed by atoms with E-state index in [0.717, 1.165) is 6.07 Å². The molecule has 0 unspecified atom stereocenters. The number of hydrogen-bond acceptors (Lipinski definition) is 6. The van der Waals surface area contributed by atoms with E-state index in [0.29, 0.717) is 31.9 Å². The Bertz CT molecular complexity index is 1010. The van der Waals surface area contributed by atoms with Gasteiger partial charge >= 0.3 is 5.97 Å². The largest absolute Gasteiger partial charge is 0.444 e. The van der Waals surface area contributed by atoms with E-state index in [1.807, 2.05) is 0 Å². The molecule has 2 aromatic carbocycles. The Labute approximate surface area is 173 Å². The van der Waals surface area contributed by atoms with Crippen LogP contribution in [0.4, 0.5) is 0 Å². The summed E-state index contributed by atoms with van der Waals surface area (Å²) >= 11 is 5.86. The van der Waals surface area contributed by atoms with Gasteiger partial charge in [0.25, 0.3) is 5.91 Å². The minimum atomic E-state index is -4.13. The van der Waals surface area contributed by atoms with Gasteiger partial charge in [0, 0.05) is 18.7 Å². The normalized spacial score (nSPS) is 15.6. The highest BCUT2D eigenvalue weighted by Crippen LogP contribution is 2.25. The quantitative estimate of drug-likeness (QED) is 0.711. The van der Waals surface area contributed by atoms with Crippen LogP contribution in [-0.2, 0) is 24.3 Å². The molecule has 3 rings (SSSR count). The Morgan fingerprint density at radius 3 is 2.38 bits per heavy atom. The fraction of sp³-hybridized carbons (Fsp3) is 0.263. The highest BCUT2D eigenvalue weighted by molar-refractivity contribution is 7.89. The van der Waals surface area contributed by atoms with Gasteiger partial charge in [0.15, 0.2) is 0 Å². The molecule has 8 nitrogen and oxygen atoms in total. The smallest absolute Gasteiger partial charge is 0.339 e. The zero-order valence-electron chi connectivity index (χ0n) is 15.3. The lowest BCUT2D eigenvalue weighted by Gasteiger charge is -2.30. The number of hydrogen-bond donors (Lipinski definition) is 1. The van der Waals surface area contributed by atoms with Crippen LogP contribution in [0.2, 0.25) is 5.02 Å². The van der Waals surface area contributed by atoms with Crippen molar-refractivity contribution in [3.8, 4) is 0 Å². The maximum Gasteiger partial charge on any atom is 0.339 e. The number of amides is 1. The van der Waals surface area contributed by atoms with Crippen LogP contribution in [0.3, 0.4) is 0 Å². The highest BCUT2D eigenvalue weighted by Gasteiger charge is 2.31. The van der Waals surface area contributed by atoms with Crippen molar-refractivity contribution in [2.75, 3.05) is 26.3 Å². The molecule has 1 amide bonds. The average Bonchev–Trinajstić information content (AvgIpc) is 2.72. The average molecular weight is 439 g/mol. The van der Waals surface area contributed by atoms with Crippen molar-refractivity contribution in [2.24, 2.45) is 5.14 Å². The summed E-state index contributed by atoms with van der Waals surface area (Å²) in [7, 11) is -4.13. The van der Waals surface area contributed by atoms with Gasteiger partial charge in [0.2, 0.25) is 16.1 Å². The molecular formula is C19H19ClN2O6S. The molecule has 1 fully saturated rings. The lowest BCUT2D eigenvalue weighted by Crippen LogP contribution is -2.44. The van der Waals surface area contributed by atoms with Crippen LogP contribution in [0.15, 0.2) is 53.4 Å². The lowest BCUT2D eigenvalue weighted by atomic mass is 10.1. The number of primary sulfonamides is 1. The van der Waals surface area contributed by atoms with E-state index in [9.17, 15) is 18.0 Å². The Hall–Kier alpha value is -2.46. The van der Waals surface area contributed by atoms with E-state index in [4.69, 9.17) is 26.2 Å². The van der Waals surface area contributed by atoms with Crippen LogP contribution in [0.1, 0.15) is 22.0 Å². The Balaban J connectivity index is 1.90. The molecule has 154 valence electrons. The van der Waals surface area contributed by atoms with Crippen LogP contribution in [0, 0.1) is 0 Å². The van der Waals surface area contributed by atoms with Gasteiger partial charge in [-0.15, -0.1) is 0 Å². The molecule has 2 aromatic rings. The van der Waals surface area contributed by atoms with Gasteiger partial charge in [-0.2, -0.15) is 0 Å². The molecule has 0 aliphatic carbocycles. The second-order valence-electron chi connectivity index (χ2n) is 6.32. The fourth-order valence-electron chi connectivity index (χ4n) is 2.86. The highest BCUT2D eigenvalue weighted by atomic mass is 35.5. The summed E-state index contributed by atoms with van der Waals surface area (Å²) in [5, 5.41) is 5.01. The number of carbonyl (C=O) groups is 2. The number of nitrogens with two attached hydrogens (primary N) is 1. The second kappa shape index (κ2) is 8.91. The van der Waals surface area contributed by atoms with E-state index in [-0.39, 0.29) is 16.5 Å². The van der Waals surface area contributed by atoms with Gasteiger partial charge in [-0.25, -0.2) is 18.4 Å². The molecule has 1 heterocycles. The number of benzene rings is 2. The van der Waals surface area contributed by atoms with E-state index in [2.05, 4.69) is 0 Å². The number of morpholine rings is 1. The predicted octanol–water partition coefficient (Wildman–Crippen LogP) is 1.74. The first-order valence-electron chi connectivity index (χ1n) is 8.72. The van der Waals surface area contributed by atoms with Crippen LogP contribution in [-0.4, -0.2) is 51.5 Å². The van der Waals surface area contributed by atoms with Crippen molar-refractivity contribution in [3.05, 3.63) is 64.7 Å². The van der Waals surface area contributed by atoms with Gasteiger partial charge < -0.3 is 14.4 Å². The number of esters is 1. The zero-order valence-corrected chi connectivity index (χ0v) is 16.9. The third-order valence-electron chi connectivity index (χ3n) is 4.35. The minimum absolute atomic E-state index is 0.0888. The first-order valence-corrected chi connectivity index (χ1v) is 10.6. The topological polar surface area (TPSA) is 116 Å². The molecule has 0 saturated carbocycles. The van der Waals surface area contributed by atoms with Crippen molar-refractivity contribution in [3.63, 3.8) is 0 Å². The Morgan fingerprint density at radius 1 is 1.10 bits per heavy atom. The van der Waals surface area contributed by atoms with Crippen molar-refractivity contribution in [2.45, 2.75) is 11.0 Å². The predicted molar refractivity (Wildman–Crippen MR) is 105 cm³/mol. The number of carbonyl (C=O) groups excluding carboxylic acids is 2. The SMILES string of the molecule is NS(=O)(=O)c1cc(C(=O)O[C@H](C(=O)N2CCOCC2)c2ccccc2)ccc1Cl. The first kappa shape index (κ1) is 21.3. The van der Waals surface area contributed by atoms with Crippen molar-refractivity contribution < 1.29 is 27.5 Å². The molecule has 0 spiro atoms. The third kappa shape index (κ3) is 5.13. The summed E-state index contributed by atoms with van der Waals surface area (Å²) in [6.45, 7) is 1.57. The molecule has 1 aliphatic rings. The molecule has 2 N–H and O–H groups in total. The van der Waals surface area contributed by atoms with Gasteiger partial charge in [-0.1, -0.05) is 41.9 Å². The van der Waals surface area contributed by atoms with Crippen molar-refractivity contribution in [1.82, 2.24) is 4.90 Å². The maximum atomic E-state index is 13.0. The molecule has 29 heavy (non-hydrogen) atoms. The van der Waals surface area contributed by atoms with Gasteiger partial charge in [-0.3, -0.25) is 4.79 Å². The second-order valence-corrected chi connectivity index (χ2v) is 8.26. The summed E-state index contributed by atoms with van der Waals surface area (Å²) in [5.41, 5.74) is 0.409. The number of sulfonamides is 1. The first-order chi connectivity index (χ1) is 13.8. The fourth-order valence-corrected chi connectivity index (χ4v) is 3.93. The van der Waals surface area contributed by atoms with Gasteiger partial charge in [0.05, 0.1) is 23.8 Å². The number of ether oxygens (including phenoxy) is 2. The van der Waals surface area contributed by atoms with Gasteiger partial charge in [-0.05, 0) is 18.2 Å². The monoisotopic (exact) mass is 438 g/mol. The molecule has 0 bridgehead atoms. The van der Waals surface area contributed by atoms with Crippen LogP contribution in [0.5, 0.6) is 0 Å². The molecule has 0 radical (unpaired) electrons. The summed E-state index contributed by atoms with van der Waals surface area (Å²) in [6, 6.07) is 12.1. The standard InChI is InChI=1S/C19H19ClN2O6S/c20-15-7-6-14(12-16(15)29(21,25)26)19(24)28-17(13-4-2-1-3-5-13)18(23)22-8-10-27-11-9-22/h1-7,12,17H,8-11H2,(H2,21,25,26)/t17-/m0/s1. The molecule has 0 aromatic heterocycles. The van der Waals surface area contributed by atoms with E-state index in [1.165, 1.54) is 12.1 Å². The van der Waals surface area contributed by atoms with E-state index in [1.54, 1.807) is 35.2 Å². The number of rotatable bonds is 5. The van der Waals surface area contributed by atoms with Crippen LogP contribution < -0.4 is 5.14 Å². The molecule has 1 aliphatic heterocycles. The summed E-state index contributed by atoms with van der Waals surface area (Å²) in [5.74, 6) is -1.25.